The summed E-state index contributed by atoms with van der Waals surface area (Å²) in [6, 6.07) is 10.4. The van der Waals surface area contributed by atoms with Gasteiger partial charge in [-0.15, -0.1) is 0 Å². The molecule has 0 saturated carbocycles. The van der Waals surface area contributed by atoms with Gasteiger partial charge in [-0.2, -0.15) is 0 Å². The zero-order valence-corrected chi connectivity index (χ0v) is 12.7. The second kappa shape index (κ2) is 6.89. The number of ether oxygens (including phenoxy) is 1. The molecule has 2 atom stereocenters. The number of hydrogen-bond acceptors (Lipinski definition) is 3. The van der Waals surface area contributed by atoms with Crippen molar-refractivity contribution in [2.45, 2.75) is 27.3 Å². The number of rotatable bonds is 5. The van der Waals surface area contributed by atoms with Crippen molar-refractivity contribution in [3.05, 3.63) is 35.9 Å². The Morgan fingerprint density at radius 1 is 1.30 bits per heavy atom. The predicted molar refractivity (Wildman–Crippen MR) is 80.2 cm³/mol. The molecule has 1 fully saturated rings. The van der Waals surface area contributed by atoms with E-state index in [0.29, 0.717) is 18.4 Å². The van der Waals surface area contributed by atoms with Crippen LogP contribution in [0.2, 0.25) is 0 Å². The van der Waals surface area contributed by atoms with Crippen LogP contribution >= 0.6 is 0 Å². The van der Waals surface area contributed by atoms with Crippen molar-refractivity contribution in [2.75, 3.05) is 19.7 Å². The lowest BCUT2D eigenvalue weighted by atomic mass is 9.86. The molecule has 110 valence electrons. The molecule has 0 aliphatic carbocycles. The average Bonchev–Trinajstić information content (AvgIpc) is 2.84. The molecule has 0 spiro atoms. The molecule has 0 amide bonds. The fourth-order valence-corrected chi connectivity index (χ4v) is 3.06. The summed E-state index contributed by atoms with van der Waals surface area (Å²) < 4.78 is 5.24. The molecule has 1 heterocycles. The second-order valence-electron chi connectivity index (χ2n) is 5.95. The van der Waals surface area contributed by atoms with Gasteiger partial charge in [0.15, 0.2) is 0 Å². The van der Waals surface area contributed by atoms with Gasteiger partial charge < -0.3 is 4.74 Å². The number of hydrogen-bond donors (Lipinski definition) is 0. The molecule has 1 aliphatic rings. The average molecular weight is 275 g/mol. The third kappa shape index (κ3) is 3.60. The third-order valence-electron chi connectivity index (χ3n) is 4.14. The highest BCUT2D eigenvalue weighted by atomic mass is 16.5. The van der Waals surface area contributed by atoms with Gasteiger partial charge in [-0.05, 0) is 24.3 Å². The number of carbonyl (C=O) groups is 1. The molecule has 3 heteroatoms. The minimum Gasteiger partial charge on any atom is -0.466 e. The number of nitrogens with zero attached hydrogens (tertiary/aromatic N) is 1. The van der Waals surface area contributed by atoms with Gasteiger partial charge in [0.05, 0.1) is 12.5 Å². The normalized spacial score (nSPS) is 23.2. The van der Waals surface area contributed by atoms with Gasteiger partial charge in [-0.25, -0.2) is 0 Å². The molecule has 20 heavy (non-hydrogen) atoms. The Bertz CT molecular complexity index is 430. The first-order chi connectivity index (χ1) is 9.61. The number of esters is 1. The van der Waals surface area contributed by atoms with E-state index in [4.69, 9.17) is 4.74 Å². The van der Waals surface area contributed by atoms with E-state index in [0.717, 1.165) is 19.6 Å². The van der Waals surface area contributed by atoms with E-state index in [1.165, 1.54) is 5.56 Å². The number of carbonyl (C=O) groups excluding carboxylic acids is 1. The van der Waals surface area contributed by atoms with Crippen molar-refractivity contribution < 1.29 is 9.53 Å². The molecule has 1 aliphatic heterocycles. The van der Waals surface area contributed by atoms with Crippen molar-refractivity contribution in [1.29, 1.82) is 0 Å². The molecule has 1 saturated heterocycles. The molecule has 0 radical (unpaired) electrons. The molecule has 2 unspecified atom stereocenters. The standard InChI is InChI=1S/C17H25NO2/c1-4-20-17(19)16-12-18(11-15(16)13(2)3)10-14-8-6-5-7-9-14/h5-9,13,15-16H,4,10-12H2,1-3H3. The third-order valence-corrected chi connectivity index (χ3v) is 4.14. The van der Waals surface area contributed by atoms with Crippen molar-refractivity contribution in [1.82, 2.24) is 4.90 Å². The Morgan fingerprint density at radius 2 is 2.00 bits per heavy atom. The van der Waals surface area contributed by atoms with E-state index in [1.54, 1.807) is 0 Å². The lowest BCUT2D eigenvalue weighted by Crippen LogP contribution is -2.28. The Labute approximate surface area is 121 Å². The smallest absolute Gasteiger partial charge is 0.310 e. The van der Waals surface area contributed by atoms with Crippen LogP contribution in [-0.4, -0.2) is 30.6 Å². The van der Waals surface area contributed by atoms with Crippen LogP contribution in [0.4, 0.5) is 0 Å². The first-order valence-corrected chi connectivity index (χ1v) is 7.54. The van der Waals surface area contributed by atoms with Gasteiger partial charge in [-0.3, -0.25) is 9.69 Å². The first kappa shape index (κ1) is 15.0. The van der Waals surface area contributed by atoms with Crippen LogP contribution in [-0.2, 0) is 16.1 Å². The zero-order valence-electron chi connectivity index (χ0n) is 12.7. The van der Waals surface area contributed by atoms with Crippen molar-refractivity contribution in [3.63, 3.8) is 0 Å². The second-order valence-corrected chi connectivity index (χ2v) is 5.95. The van der Waals surface area contributed by atoms with Gasteiger partial charge in [0.2, 0.25) is 0 Å². The summed E-state index contributed by atoms with van der Waals surface area (Å²) in [6.45, 7) is 9.45. The van der Waals surface area contributed by atoms with Crippen LogP contribution in [0.25, 0.3) is 0 Å². The number of benzene rings is 1. The summed E-state index contributed by atoms with van der Waals surface area (Å²) in [5, 5.41) is 0. The zero-order chi connectivity index (χ0) is 14.5. The van der Waals surface area contributed by atoms with Gasteiger partial charge in [-0.1, -0.05) is 44.2 Å². The Hall–Kier alpha value is -1.35. The highest BCUT2D eigenvalue weighted by Gasteiger charge is 2.39. The molecule has 1 aromatic carbocycles. The van der Waals surface area contributed by atoms with Crippen LogP contribution in [0, 0.1) is 17.8 Å². The topological polar surface area (TPSA) is 29.5 Å². The largest absolute Gasteiger partial charge is 0.466 e. The quantitative estimate of drug-likeness (QED) is 0.774. The maximum atomic E-state index is 12.1. The van der Waals surface area contributed by atoms with Gasteiger partial charge >= 0.3 is 5.97 Å². The summed E-state index contributed by atoms with van der Waals surface area (Å²) in [5.41, 5.74) is 1.31. The van der Waals surface area contributed by atoms with E-state index >= 15 is 0 Å². The molecule has 2 rings (SSSR count). The summed E-state index contributed by atoms with van der Waals surface area (Å²) in [6.07, 6.45) is 0. The first-order valence-electron chi connectivity index (χ1n) is 7.54. The predicted octanol–water partition coefficient (Wildman–Crippen LogP) is 2.95. The maximum absolute atomic E-state index is 12.1. The Kier molecular flexibility index (Phi) is 5.18. The van der Waals surface area contributed by atoms with E-state index < -0.39 is 0 Å². The summed E-state index contributed by atoms with van der Waals surface area (Å²) in [4.78, 5) is 14.5. The molecular formula is C17H25NO2. The van der Waals surface area contributed by atoms with Crippen LogP contribution in [0.1, 0.15) is 26.3 Å². The molecule has 0 aromatic heterocycles. The van der Waals surface area contributed by atoms with Crippen molar-refractivity contribution in [3.8, 4) is 0 Å². The SMILES string of the molecule is CCOC(=O)C1CN(Cc2ccccc2)CC1C(C)C. The van der Waals surface area contributed by atoms with Gasteiger partial charge in [0.25, 0.3) is 0 Å². The monoisotopic (exact) mass is 275 g/mol. The van der Waals surface area contributed by atoms with E-state index in [9.17, 15) is 4.79 Å². The molecule has 0 bridgehead atoms. The van der Waals surface area contributed by atoms with Crippen LogP contribution < -0.4 is 0 Å². The van der Waals surface area contributed by atoms with Gasteiger partial charge in [0, 0.05) is 19.6 Å². The van der Waals surface area contributed by atoms with Gasteiger partial charge in [0.1, 0.15) is 0 Å². The van der Waals surface area contributed by atoms with Crippen LogP contribution in [0.15, 0.2) is 30.3 Å². The van der Waals surface area contributed by atoms with Crippen molar-refractivity contribution in [2.24, 2.45) is 17.8 Å². The lowest BCUT2D eigenvalue weighted by Gasteiger charge is -2.20. The summed E-state index contributed by atoms with van der Waals surface area (Å²) >= 11 is 0. The molecule has 0 N–H and O–H groups in total. The fraction of sp³-hybridized carbons (Fsp3) is 0.588. The highest BCUT2D eigenvalue weighted by Crippen LogP contribution is 2.31. The van der Waals surface area contributed by atoms with Crippen LogP contribution in [0.3, 0.4) is 0 Å². The Balaban J connectivity index is 2.02. The minimum atomic E-state index is -0.0261. The summed E-state index contributed by atoms with van der Waals surface area (Å²) in [7, 11) is 0. The Morgan fingerprint density at radius 3 is 2.60 bits per heavy atom. The fourth-order valence-electron chi connectivity index (χ4n) is 3.06. The molecule has 3 nitrogen and oxygen atoms in total. The summed E-state index contributed by atoms with van der Waals surface area (Å²) in [5.74, 6) is 0.906. The van der Waals surface area contributed by atoms with E-state index in [-0.39, 0.29) is 11.9 Å². The lowest BCUT2D eigenvalue weighted by molar-refractivity contribution is -0.149. The van der Waals surface area contributed by atoms with Crippen LogP contribution in [0.5, 0.6) is 0 Å². The minimum absolute atomic E-state index is 0.0261. The highest BCUT2D eigenvalue weighted by molar-refractivity contribution is 5.73. The maximum Gasteiger partial charge on any atom is 0.310 e. The van der Waals surface area contributed by atoms with E-state index in [1.807, 2.05) is 13.0 Å². The molecule has 1 aromatic rings. The van der Waals surface area contributed by atoms with Crippen molar-refractivity contribution >= 4 is 5.97 Å². The van der Waals surface area contributed by atoms with E-state index in [2.05, 4.69) is 43.0 Å². The molecular weight excluding hydrogens is 250 g/mol. The number of likely N-dealkylation sites (tertiary alicyclic amines) is 1.